The van der Waals surface area contributed by atoms with Crippen LogP contribution in [-0.4, -0.2) is 90.6 Å². The highest BCUT2D eigenvalue weighted by Gasteiger charge is 2.47. The second-order valence-corrected chi connectivity index (χ2v) is 14.0. The molecule has 0 radical (unpaired) electrons. The SMILES string of the molecule is CC(C)COc1cc(NC2CCCC2)c2nnn([C@@H]3O[C@H](CS(=O)(=O)CP(=O)(O)O)[C@@H](O)[C@H]3O)c2n1. The molecule has 1 saturated heterocycles. The number of sulfone groups is 1. The fourth-order valence-electron chi connectivity index (χ4n) is 4.42. The van der Waals surface area contributed by atoms with Gasteiger partial charge in [-0.05, 0) is 18.8 Å². The predicted molar refractivity (Wildman–Crippen MR) is 128 cm³/mol. The quantitative estimate of drug-likeness (QED) is 0.255. The monoisotopic (exact) mass is 549 g/mol. The smallest absolute Gasteiger partial charge is 0.340 e. The van der Waals surface area contributed by atoms with Crippen molar-refractivity contribution in [2.45, 2.75) is 70.1 Å². The van der Waals surface area contributed by atoms with Crippen LogP contribution >= 0.6 is 7.60 Å². The van der Waals surface area contributed by atoms with Crippen LogP contribution in [0.2, 0.25) is 0 Å². The summed E-state index contributed by atoms with van der Waals surface area (Å²) in [6.45, 7) is 4.39. The van der Waals surface area contributed by atoms with Gasteiger partial charge in [-0.25, -0.2) is 8.42 Å². The summed E-state index contributed by atoms with van der Waals surface area (Å²) < 4.78 is 48.2. The van der Waals surface area contributed by atoms with Crippen molar-refractivity contribution >= 4 is 34.3 Å². The molecule has 2 aromatic rings. The first kappa shape index (κ1) is 27.2. The van der Waals surface area contributed by atoms with Crippen molar-refractivity contribution in [2.24, 2.45) is 5.92 Å². The summed E-state index contributed by atoms with van der Waals surface area (Å²) >= 11 is 0. The van der Waals surface area contributed by atoms with E-state index in [0.29, 0.717) is 23.7 Å². The number of hydrogen-bond acceptors (Lipinski definition) is 11. The maximum Gasteiger partial charge on any atom is 0.340 e. The van der Waals surface area contributed by atoms with Crippen molar-refractivity contribution < 1.29 is 42.5 Å². The van der Waals surface area contributed by atoms with Crippen LogP contribution in [0.3, 0.4) is 0 Å². The molecule has 0 bridgehead atoms. The maximum atomic E-state index is 12.2. The van der Waals surface area contributed by atoms with E-state index in [4.69, 9.17) is 19.3 Å². The summed E-state index contributed by atoms with van der Waals surface area (Å²) in [5.41, 5.74) is -0.160. The molecule has 4 rings (SSSR count). The van der Waals surface area contributed by atoms with Crippen LogP contribution < -0.4 is 10.1 Å². The Balaban J connectivity index is 1.64. The number of anilines is 1. The van der Waals surface area contributed by atoms with Gasteiger partial charge < -0.3 is 34.8 Å². The zero-order valence-electron chi connectivity index (χ0n) is 20.0. The number of aliphatic hydroxyl groups is 2. The van der Waals surface area contributed by atoms with Crippen molar-refractivity contribution in [3.63, 3.8) is 0 Å². The molecule has 2 aliphatic rings. The normalized spacial score (nSPS) is 25.8. The lowest BCUT2D eigenvalue weighted by atomic mass is 10.1. The topological polar surface area (TPSA) is 206 Å². The highest BCUT2D eigenvalue weighted by Crippen LogP contribution is 2.38. The van der Waals surface area contributed by atoms with Gasteiger partial charge >= 0.3 is 7.60 Å². The molecule has 0 spiro atoms. The molecule has 1 saturated carbocycles. The van der Waals surface area contributed by atoms with Crippen LogP contribution in [0.4, 0.5) is 5.69 Å². The molecule has 16 heteroatoms. The molecule has 1 aliphatic carbocycles. The van der Waals surface area contributed by atoms with Gasteiger partial charge in [-0.2, -0.15) is 9.67 Å². The summed E-state index contributed by atoms with van der Waals surface area (Å²) in [6.07, 6.45) is -1.81. The zero-order chi connectivity index (χ0) is 26.3. The minimum atomic E-state index is -4.86. The molecule has 3 heterocycles. The van der Waals surface area contributed by atoms with E-state index in [9.17, 15) is 23.2 Å². The summed E-state index contributed by atoms with van der Waals surface area (Å²) in [6, 6.07) is 1.98. The van der Waals surface area contributed by atoms with Gasteiger partial charge in [-0.15, -0.1) is 5.10 Å². The predicted octanol–water partition coefficient (Wildman–Crippen LogP) is 0.385. The van der Waals surface area contributed by atoms with Crippen LogP contribution in [0.15, 0.2) is 6.07 Å². The number of fused-ring (bicyclic) bond motifs is 1. The molecule has 36 heavy (non-hydrogen) atoms. The molecule has 0 aromatic carbocycles. The highest BCUT2D eigenvalue weighted by atomic mass is 32.2. The van der Waals surface area contributed by atoms with Gasteiger partial charge in [0, 0.05) is 12.1 Å². The Bertz CT molecular complexity index is 1230. The van der Waals surface area contributed by atoms with Crippen LogP contribution in [0.1, 0.15) is 45.8 Å². The van der Waals surface area contributed by atoms with Crippen LogP contribution in [0.5, 0.6) is 5.88 Å². The second kappa shape index (κ2) is 10.5. The molecule has 4 atom stereocenters. The highest BCUT2D eigenvalue weighted by molar-refractivity contribution is 7.97. The maximum absolute atomic E-state index is 12.2. The van der Waals surface area contributed by atoms with E-state index < -0.39 is 53.2 Å². The third-order valence-electron chi connectivity index (χ3n) is 6.05. The number of hydrogen-bond donors (Lipinski definition) is 5. The summed E-state index contributed by atoms with van der Waals surface area (Å²) in [5, 5.41) is 32.8. The van der Waals surface area contributed by atoms with Gasteiger partial charge in [0.05, 0.1) is 18.0 Å². The van der Waals surface area contributed by atoms with E-state index >= 15 is 0 Å². The number of nitrogens with one attached hydrogen (secondary N) is 1. The Kier molecular flexibility index (Phi) is 7.91. The Labute approximate surface area is 208 Å². The Morgan fingerprint density at radius 3 is 2.58 bits per heavy atom. The molecule has 2 aromatic heterocycles. The number of nitrogens with zero attached hydrogens (tertiary/aromatic N) is 4. The van der Waals surface area contributed by atoms with Gasteiger partial charge in [-0.1, -0.05) is 31.9 Å². The van der Waals surface area contributed by atoms with E-state index in [-0.39, 0.29) is 17.6 Å². The van der Waals surface area contributed by atoms with Crippen molar-refractivity contribution in [3.05, 3.63) is 6.07 Å². The van der Waals surface area contributed by atoms with Gasteiger partial charge in [0.15, 0.2) is 32.7 Å². The summed E-state index contributed by atoms with van der Waals surface area (Å²) in [4.78, 5) is 22.5. The van der Waals surface area contributed by atoms with E-state index in [1.807, 2.05) is 13.8 Å². The molecular formula is C20H32N5O9PS. The van der Waals surface area contributed by atoms with E-state index in [1.165, 1.54) is 0 Å². The van der Waals surface area contributed by atoms with E-state index in [2.05, 4.69) is 20.6 Å². The number of rotatable bonds is 10. The lowest BCUT2D eigenvalue weighted by Crippen LogP contribution is -2.36. The van der Waals surface area contributed by atoms with Crippen LogP contribution in [0.25, 0.3) is 11.2 Å². The minimum Gasteiger partial charge on any atom is -0.477 e. The number of ether oxygens (including phenoxy) is 2. The van der Waals surface area contributed by atoms with Gasteiger partial charge in [0.2, 0.25) is 5.88 Å². The summed E-state index contributed by atoms with van der Waals surface area (Å²) in [5.74, 6) is -0.360. The number of aliphatic hydroxyl groups excluding tert-OH is 2. The standard InChI is InChI=1S/C20H32N5O9PS/c1-11(2)8-33-15-7-13(21-12-5-3-4-6-12)16-19(22-15)25(24-23-16)20-18(27)17(26)14(34-20)9-36(31,32)10-35(28,29)30/h7,11-12,14,17-18,20,26-27H,3-6,8-10H2,1-2H3,(H,21,22)(H2,28,29,30)/t14-,17-,18-,20-/m1/s1. The van der Waals surface area contributed by atoms with Crippen molar-refractivity contribution in [1.29, 1.82) is 0 Å². The first-order valence-corrected chi connectivity index (χ1v) is 15.4. The average molecular weight is 550 g/mol. The number of aromatic nitrogens is 4. The average Bonchev–Trinajstić information content (AvgIpc) is 3.47. The van der Waals surface area contributed by atoms with Crippen molar-refractivity contribution in [3.8, 4) is 5.88 Å². The van der Waals surface area contributed by atoms with Crippen molar-refractivity contribution in [2.75, 3.05) is 23.2 Å². The lowest BCUT2D eigenvalue weighted by Gasteiger charge is -2.17. The fraction of sp³-hybridized carbons (Fsp3) is 0.750. The van der Waals surface area contributed by atoms with E-state index in [0.717, 1.165) is 30.4 Å². The molecule has 5 N–H and O–H groups in total. The van der Waals surface area contributed by atoms with Gasteiger partial charge in [0.25, 0.3) is 0 Å². The van der Waals surface area contributed by atoms with Crippen LogP contribution in [-0.2, 0) is 19.1 Å². The van der Waals surface area contributed by atoms with Gasteiger partial charge in [-0.3, -0.25) is 4.57 Å². The Morgan fingerprint density at radius 1 is 1.25 bits per heavy atom. The van der Waals surface area contributed by atoms with Crippen molar-refractivity contribution in [1.82, 2.24) is 20.0 Å². The molecule has 1 aliphatic heterocycles. The first-order valence-electron chi connectivity index (χ1n) is 11.7. The zero-order valence-corrected chi connectivity index (χ0v) is 21.7. The van der Waals surface area contributed by atoms with E-state index in [1.54, 1.807) is 6.07 Å². The largest absolute Gasteiger partial charge is 0.477 e. The second-order valence-electron chi connectivity index (χ2n) is 9.80. The Hall–Kier alpha value is -1.87. The third-order valence-corrected chi connectivity index (χ3v) is 9.80. The lowest BCUT2D eigenvalue weighted by molar-refractivity contribution is -0.0375. The molecule has 0 unspecified atom stereocenters. The fourth-order valence-corrected chi connectivity index (χ4v) is 7.67. The molecule has 0 amide bonds. The minimum absolute atomic E-state index is 0.201. The molecule has 2 fully saturated rings. The first-order chi connectivity index (χ1) is 16.8. The van der Waals surface area contributed by atoms with Gasteiger partial charge in [0.1, 0.15) is 18.3 Å². The summed E-state index contributed by atoms with van der Waals surface area (Å²) in [7, 11) is -9.17. The molecular weight excluding hydrogens is 517 g/mol. The molecule has 202 valence electrons. The Morgan fingerprint density at radius 2 is 1.94 bits per heavy atom. The third kappa shape index (κ3) is 6.33. The number of pyridine rings is 1. The van der Waals surface area contributed by atoms with Crippen LogP contribution in [0, 0.1) is 5.92 Å². The molecule has 14 nitrogen and oxygen atoms in total.